The van der Waals surface area contributed by atoms with Crippen LogP contribution in [-0.2, 0) is 6.61 Å². The highest BCUT2D eigenvalue weighted by molar-refractivity contribution is 5.91. The van der Waals surface area contributed by atoms with Crippen LogP contribution < -0.4 is 5.32 Å². The fourth-order valence-corrected chi connectivity index (χ4v) is 5.72. The van der Waals surface area contributed by atoms with Gasteiger partial charge in [0, 0.05) is 29.4 Å². The van der Waals surface area contributed by atoms with Crippen molar-refractivity contribution >= 4 is 16.7 Å². The van der Waals surface area contributed by atoms with Crippen molar-refractivity contribution < 1.29 is 10.2 Å². The van der Waals surface area contributed by atoms with Gasteiger partial charge in [-0.15, -0.1) is 0 Å². The molecule has 2 aromatic rings. The molecule has 2 heterocycles. The zero-order valence-electron chi connectivity index (χ0n) is 13.1. The standard InChI is InChI=1S/C18H23N3O2/c22-9-13-8-20-17-14(1-2-19-17)16(13)21-15-11-3-10-4-12(15)7-18(23,5-10)6-11/h1-2,8,10-12,15,22-23H,3-7,9H2,(H2,19,20,21)/t10?,11-,12+,15?,18?. The van der Waals surface area contributed by atoms with Gasteiger partial charge in [-0.3, -0.25) is 0 Å². The van der Waals surface area contributed by atoms with Gasteiger partial charge in [0.25, 0.3) is 0 Å². The first kappa shape index (κ1) is 13.8. The number of aromatic nitrogens is 2. The third-order valence-corrected chi connectivity index (χ3v) is 6.39. The third kappa shape index (κ3) is 2.03. The molecule has 5 nitrogen and oxygen atoms in total. The quantitative estimate of drug-likeness (QED) is 0.701. The highest BCUT2D eigenvalue weighted by Gasteiger charge is 2.54. The Bertz CT molecular complexity index is 740. The second kappa shape index (κ2) is 4.71. The van der Waals surface area contributed by atoms with Gasteiger partial charge in [0.2, 0.25) is 0 Å². The van der Waals surface area contributed by atoms with Crippen molar-refractivity contribution in [2.24, 2.45) is 17.8 Å². The number of nitrogens with one attached hydrogen (secondary N) is 2. The summed E-state index contributed by atoms with van der Waals surface area (Å²) >= 11 is 0. The number of fused-ring (bicyclic) bond motifs is 1. The van der Waals surface area contributed by atoms with Gasteiger partial charge in [-0.25, -0.2) is 4.98 Å². The van der Waals surface area contributed by atoms with Crippen LogP contribution in [-0.4, -0.2) is 31.8 Å². The summed E-state index contributed by atoms with van der Waals surface area (Å²) in [5.41, 5.74) is 2.32. The van der Waals surface area contributed by atoms with Crippen LogP contribution in [0.3, 0.4) is 0 Å². The Morgan fingerprint density at radius 2 is 2.04 bits per heavy atom. The lowest BCUT2D eigenvalue weighted by atomic mass is 9.52. The summed E-state index contributed by atoms with van der Waals surface area (Å²) in [4.78, 5) is 7.52. The SMILES string of the molecule is OCc1cnc2[nH]ccc2c1NC1[C@@H]2CC3C[C@H]1CC(O)(C3)C2. The highest BCUT2D eigenvalue weighted by atomic mass is 16.3. The number of aliphatic hydroxyl groups excluding tert-OH is 1. The van der Waals surface area contributed by atoms with E-state index in [0.717, 1.165) is 41.5 Å². The summed E-state index contributed by atoms with van der Waals surface area (Å²) in [7, 11) is 0. The molecule has 4 N–H and O–H groups in total. The lowest BCUT2D eigenvalue weighted by molar-refractivity contribution is -0.129. The molecule has 6 rings (SSSR count). The van der Waals surface area contributed by atoms with Gasteiger partial charge in [-0.2, -0.15) is 0 Å². The average Bonchev–Trinajstić information content (AvgIpc) is 2.98. The van der Waals surface area contributed by atoms with Gasteiger partial charge in [0.1, 0.15) is 5.65 Å². The van der Waals surface area contributed by atoms with Crippen LogP contribution in [0.25, 0.3) is 11.0 Å². The van der Waals surface area contributed by atoms with Gasteiger partial charge >= 0.3 is 0 Å². The van der Waals surface area contributed by atoms with Crippen LogP contribution >= 0.6 is 0 Å². The molecule has 5 heteroatoms. The van der Waals surface area contributed by atoms with Gasteiger partial charge in [0.15, 0.2) is 0 Å². The average molecular weight is 313 g/mol. The monoisotopic (exact) mass is 313 g/mol. The Balaban J connectivity index is 1.52. The zero-order valence-corrected chi connectivity index (χ0v) is 13.1. The minimum absolute atomic E-state index is 0.00886. The summed E-state index contributed by atoms with van der Waals surface area (Å²) in [6.07, 6.45) is 8.96. The van der Waals surface area contributed by atoms with E-state index in [-0.39, 0.29) is 6.61 Å². The van der Waals surface area contributed by atoms with Crippen molar-refractivity contribution in [3.63, 3.8) is 0 Å². The normalized spacial score (nSPS) is 38.3. The van der Waals surface area contributed by atoms with Gasteiger partial charge in [-0.05, 0) is 55.9 Å². The smallest absolute Gasteiger partial charge is 0.139 e. The van der Waals surface area contributed by atoms with E-state index in [1.54, 1.807) is 6.20 Å². The number of hydrogen-bond acceptors (Lipinski definition) is 4. The van der Waals surface area contributed by atoms with E-state index in [4.69, 9.17) is 0 Å². The van der Waals surface area contributed by atoms with Gasteiger partial charge < -0.3 is 20.5 Å². The number of H-pyrrole nitrogens is 1. The number of pyridine rings is 1. The number of aliphatic hydroxyl groups is 2. The molecule has 2 aromatic heterocycles. The topological polar surface area (TPSA) is 81.2 Å². The summed E-state index contributed by atoms with van der Waals surface area (Å²) in [6.45, 7) is -0.00886. The predicted molar refractivity (Wildman–Crippen MR) is 87.9 cm³/mol. The molecular formula is C18H23N3O2. The molecular weight excluding hydrogens is 290 g/mol. The molecule has 4 aliphatic rings. The first-order valence-corrected chi connectivity index (χ1v) is 8.70. The van der Waals surface area contributed by atoms with E-state index < -0.39 is 5.60 Å². The van der Waals surface area contributed by atoms with E-state index in [9.17, 15) is 10.2 Å². The molecule has 0 radical (unpaired) electrons. The molecule has 0 saturated heterocycles. The van der Waals surface area contributed by atoms with Crippen molar-refractivity contribution in [3.8, 4) is 0 Å². The second-order valence-corrected chi connectivity index (χ2v) is 7.92. The molecule has 0 spiro atoms. The van der Waals surface area contributed by atoms with Crippen molar-refractivity contribution in [2.45, 2.75) is 50.4 Å². The molecule has 0 amide bonds. The molecule has 0 aliphatic heterocycles. The van der Waals surface area contributed by atoms with E-state index in [1.807, 2.05) is 12.3 Å². The summed E-state index contributed by atoms with van der Waals surface area (Å²) in [5, 5.41) is 25.3. The zero-order chi connectivity index (χ0) is 15.6. The molecule has 4 fully saturated rings. The highest BCUT2D eigenvalue weighted by Crippen LogP contribution is 2.56. The fourth-order valence-electron chi connectivity index (χ4n) is 5.72. The van der Waals surface area contributed by atoms with Crippen LogP contribution in [0.15, 0.2) is 18.5 Å². The predicted octanol–water partition coefficient (Wildman–Crippen LogP) is 2.41. The Morgan fingerprint density at radius 3 is 2.74 bits per heavy atom. The largest absolute Gasteiger partial charge is 0.392 e. The van der Waals surface area contributed by atoms with Gasteiger partial charge in [0.05, 0.1) is 17.9 Å². The van der Waals surface area contributed by atoms with Crippen LogP contribution in [0.1, 0.15) is 37.7 Å². The minimum atomic E-state index is -0.407. The first-order valence-electron chi connectivity index (χ1n) is 8.70. The second-order valence-electron chi connectivity index (χ2n) is 7.92. The molecule has 23 heavy (non-hydrogen) atoms. The van der Waals surface area contributed by atoms with Gasteiger partial charge in [-0.1, -0.05) is 0 Å². The maximum absolute atomic E-state index is 10.7. The van der Waals surface area contributed by atoms with Crippen LogP contribution in [0, 0.1) is 17.8 Å². The molecule has 3 unspecified atom stereocenters. The van der Waals surface area contributed by atoms with Crippen LogP contribution in [0.2, 0.25) is 0 Å². The van der Waals surface area contributed by atoms with Crippen molar-refractivity contribution in [2.75, 3.05) is 5.32 Å². The van der Waals surface area contributed by atoms with Crippen LogP contribution in [0.5, 0.6) is 0 Å². The number of aromatic amines is 1. The van der Waals surface area contributed by atoms with Crippen molar-refractivity contribution in [1.82, 2.24) is 9.97 Å². The summed E-state index contributed by atoms with van der Waals surface area (Å²) in [5.74, 6) is 1.79. The number of anilines is 1. The van der Waals surface area contributed by atoms with E-state index >= 15 is 0 Å². The lowest BCUT2D eigenvalue weighted by Crippen LogP contribution is -2.59. The molecule has 4 bridgehead atoms. The Kier molecular flexibility index (Phi) is 2.83. The van der Waals surface area contributed by atoms with E-state index in [1.165, 1.54) is 12.8 Å². The molecule has 0 aromatic carbocycles. The lowest BCUT2D eigenvalue weighted by Gasteiger charge is -2.58. The molecule has 4 aliphatic carbocycles. The Labute approximate surface area is 135 Å². The Morgan fingerprint density at radius 1 is 1.26 bits per heavy atom. The molecule has 5 atom stereocenters. The molecule has 122 valence electrons. The summed E-state index contributed by atoms with van der Waals surface area (Å²) in [6, 6.07) is 2.42. The number of hydrogen-bond donors (Lipinski definition) is 4. The maximum atomic E-state index is 10.7. The van der Waals surface area contributed by atoms with E-state index in [0.29, 0.717) is 23.8 Å². The minimum Gasteiger partial charge on any atom is -0.392 e. The Hall–Kier alpha value is -1.59. The summed E-state index contributed by atoms with van der Waals surface area (Å²) < 4.78 is 0. The van der Waals surface area contributed by atoms with Crippen LogP contribution in [0.4, 0.5) is 5.69 Å². The number of nitrogens with zero attached hydrogens (tertiary/aromatic N) is 1. The van der Waals surface area contributed by atoms with Crippen molar-refractivity contribution in [3.05, 3.63) is 24.0 Å². The number of rotatable bonds is 3. The van der Waals surface area contributed by atoms with E-state index in [2.05, 4.69) is 15.3 Å². The maximum Gasteiger partial charge on any atom is 0.139 e. The third-order valence-electron chi connectivity index (χ3n) is 6.39. The fraction of sp³-hybridized carbons (Fsp3) is 0.611. The molecule has 4 saturated carbocycles. The van der Waals surface area contributed by atoms with Crippen molar-refractivity contribution in [1.29, 1.82) is 0 Å². The first-order chi connectivity index (χ1) is 11.1.